The Bertz CT molecular complexity index is 450. The van der Waals surface area contributed by atoms with Gasteiger partial charge in [0.25, 0.3) is 0 Å². The molecule has 0 aliphatic carbocycles. The van der Waals surface area contributed by atoms with Crippen molar-refractivity contribution >= 4 is 12.6 Å². The smallest absolute Gasteiger partial charge is 0.491 e. The van der Waals surface area contributed by atoms with Crippen LogP contribution in [-0.2, 0) is 4.74 Å². The van der Waals surface area contributed by atoms with Crippen molar-refractivity contribution < 1.29 is 23.9 Å². The van der Waals surface area contributed by atoms with E-state index < -0.39 is 12.9 Å². The lowest BCUT2D eigenvalue weighted by atomic mass is 9.80. The number of ether oxygens (including phenoxy) is 2. The second-order valence-corrected chi connectivity index (χ2v) is 5.41. The van der Waals surface area contributed by atoms with Crippen LogP contribution in [0.4, 0.5) is 4.39 Å². The summed E-state index contributed by atoms with van der Waals surface area (Å²) in [7, 11) is -1.81. The minimum absolute atomic E-state index is 0.0150. The van der Waals surface area contributed by atoms with Gasteiger partial charge in [-0.25, -0.2) is 4.39 Å². The quantitative estimate of drug-likeness (QED) is 0.794. The summed E-state index contributed by atoms with van der Waals surface area (Å²) in [6.07, 6.45) is 1.91. The van der Waals surface area contributed by atoms with Crippen LogP contribution in [0, 0.1) is 5.82 Å². The van der Waals surface area contributed by atoms with Crippen LogP contribution in [0.5, 0.6) is 5.75 Å². The highest BCUT2D eigenvalue weighted by atomic mass is 19.1. The van der Waals surface area contributed by atoms with Gasteiger partial charge in [-0.2, -0.15) is 0 Å². The highest BCUT2D eigenvalue weighted by Crippen LogP contribution is 2.29. The molecule has 1 saturated heterocycles. The van der Waals surface area contributed by atoms with Gasteiger partial charge in [0.2, 0.25) is 0 Å². The summed E-state index contributed by atoms with van der Waals surface area (Å²) in [4.78, 5) is 0. The van der Waals surface area contributed by atoms with Crippen LogP contribution >= 0.6 is 0 Å². The van der Waals surface area contributed by atoms with Gasteiger partial charge < -0.3 is 19.5 Å². The Labute approximate surface area is 112 Å². The molecule has 1 atom stereocenters. The fourth-order valence-electron chi connectivity index (χ4n) is 2.19. The standard InChI is InChI=1S/C13H18BFO4/c1-13(2)6-5-10(19-13)8-18-9-3-4-11(14(16)17)12(15)7-9/h3-4,7,10,16-17H,5-6,8H2,1-2H3. The molecule has 0 radical (unpaired) electrons. The molecule has 0 saturated carbocycles. The first kappa shape index (κ1) is 14.3. The second-order valence-electron chi connectivity index (χ2n) is 5.41. The lowest BCUT2D eigenvalue weighted by Crippen LogP contribution is -2.32. The van der Waals surface area contributed by atoms with Gasteiger partial charge in [-0.3, -0.25) is 0 Å². The summed E-state index contributed by atoms with van der Waals surface area (Å²) >= 11 is 0. The highest BCUT2D eigenvalue weighted by Gasteiger charge is 2.31. The molecule has 0 amide bonds. The van der Waals surface area contributed by atoms with Crippen LogP contribution in [-0.4, -0.2) is 35.5 Å². The number of hydrogen-bond acceptors (Lipinski definition) is 4. The van der Waals surface area contributed by atoms with Gasteiger partial charge in [-0.15, -0.1) is 0 Å². The van der Waals surface area contributed by atoms with E-state index in [2.05, 4.69) is 0 Å². The zero-order valence-electron chi connectivity index (χ0n) is 11.1. The molecule has 0 aromatic heterocycles. The van der Waals surface area contributed by atoms with Crippen molar-refractivity contribution in [1.82, 2.24) is 0 Å². The second kappa shape index (κ2) is 5.49. The molecule has 1 aromatic carbocycles. The predicted octanol–water partition coefficient (Wildman–Crippen LogP) is 0.842. The van der Waals surface area contributed by atoms with E-state index in [0.29, 0.717) is 12.4 Å². The SMILES string of the molecule is CC1(C)CCC(COc2ccc(B(O)O)c(F)c2)O1. The summed E-state index contributed by atoms with van der Waals surface area (Å²) in [6, 6.07) is 3.96. The Morgan fingerprint density at radius 1 is 1.47 bits per heavy atom. The van der Waals surface area contributed by atoms with E-state index in [4.69, 9.17) is 19.5 Å². The average molecular weight is 268 g/mol. The minimum Gasteiger partial charge on any atom is -0.491 e. The van der Waals surface area contributed by atoms with Crippen molar-refractivity contribution in [2.75, 3.05) is 6.61 Å². The molecule has 1 heterocycles. The average Bonchev–Trinajstić information content (AvgIpc) is 2.66. The monoisotopic (exact) mass is 268 g/mol. The van der Waals surface area contributed by atoms with Gasteiger partial charge in [-0.1, -0.05) is 6.07 Å². The molecule has 104 valence electrons. The van der Waals surface area contributed by atoms with Gasteiger partial charge in [0.05, 0.1) is 11.7 Å². The number of benzene rings is 1. The van der Waals surface area contributed by atoms with Gasteiger partial charge in [0, 0.05) is 11.5 Å². The number of rotatable bonds is 4. The first-order chi connectivity index (χ1) is 8.87. The third-order valence-corrected chi connectivity index (χ3v) is 3.24. The Kier molecular flexibility index (Phi) is 4.13. The fraction of sp³-hybridized carbons (Fsp3) is 0.538. The number of halogens is 1. The fourth-order valence-corrected chi connectivity index (χ4v) is 2.19. The highest BCUT2D eigenvalue weighted by molar-refractivity contribution is 6.58. The van der Waals surface area contributed by atoms with Crippen molar-refractivity contribution in [3.05, 3.63) is 24.0 Å². The van der Waals surface area contributed by atoms with Crippen molar-refractivity contribution in [1.29, 1.82) is 0 Å². The molecule has 6 heteroatoms. The Hall–Kier alpha value is -1.11. The Morgan fingerprint density at radius 3 is 2.74 bits per heavy atom. The molecule has 2 rings (SSSR count). The molecule has 1 aliphatic heterocycles. The Balaban J connectivity index is 1.92. The molecule has 1 unspecified atom stereocenters. The molecule has 0 spiro atoms. The van der Waals surface area contributed by atoms with Gasteiger partial charge in [0.1, 0.15) is 18.2 Å². The van der Waals surface area contributed by atoms with E-state index in [9.17, 15) is 4.39 Å². The summed E-state index contributed by atoms with van der Waals surface area (Å²) in [5.41, 5.74) is -0.282. The van der Waals surface area contributed by atoms with E-state index >= 15 is 0 Å². The first-order valence-corrected chi connectivity index (χ1v) is 6.33. The van der Waals surface area contributed by atoms with Crippen LogP contribution in [0.25, 0.3) is 0 Å². The lowest BCUT2D eigenvalue weighted by Gasteiger charge is -2.19. The molecule has 0 bridgehead atoms. The lowest BCUT2D eigenvalue weighted by molar-refractivity contribution is -0.0326. The topological polar surface area (TPSA) is 58.9 Å². The van der Waals surface area contributed by atoms with Crippen molar-refractivity contribution in [2.45, 2.75) is 38.4 Å². The third-order valence-electron chi connectivity index (χ3n) is 3.24. The molecule has 19 heavy (non-hydrogen) atoms. The van der Waals surface area contributed by atoms with E-state index in [0.717, 1.165) is 18.9 Å². The zero-order chi connectivity index (χ0) is 14.0. The first-order valence-electron chi connectivity index (χ1n) is 6.33. The van der Waals surface area contributed by atoms with Crippen LogP contribution in [0.2, 0.25) is 0 Å². The van der Waals surface area contributed by atoms with E-state index in [1.807, 2.05) is 13.8 Å². The number of hydrogen-bond donors (Lipinski definition) is 2. The van der Waals surface area contributed by atoms with E-state index in [1.54, 1.807) is 0 Å². The van der Waals surface area contributed by atoms with Crippen LogP contribution in [0.1, 0.15) is 26.7 Å². The maximum atomic E-state index is 13.5. The predicted molar refractivity (Wildman–Crippen MR) is 69.9 cm³/mol. The van der Waals surface area contributed by atoms with Crippen molar-refractivity contribution in [3.63, 3.8) is 0 Å². The largest absolute Gasteiger partial charge is 0.491 e. The minimum atomic E-state index is -1.81. The molecule has 4 nitrogen and oxygen atoms in total. The van der Waals surface area contributed by atoms with Crippen molar-refractivity contribution in [2.24, 2.45) is 0 Å². The summed E-state index contributed by atoms with van der Waals surface area (Å²) < 4.78 is 24.7. The third kappa shape index (κ3) is 3.68. The molecule has 1 aliphatic rings. The zero-order valence-corrected chi connectivity index (χ0v) is 11.1. The van der Waals surface area contributed by atoms with Crippen LogP contribution in [0.15, 0.2) is 18.2 Å². The Morgan fingerprint density at radius 2 is 2.21 bits per heavy atom. The van der Waals surface area contributed by atoms with Gasteiger partial charge in [-0.05, 0) is 32.8 Å². The molecule has 1 fully saturated rings. The molecular weight excluding hydrogens is 250 g/mol. The van der Waals surface area contributed by atoms with Crippen LogP contribution < -0.4 is 10.2 Å². The van der Waals surface area contributed by atoms with E-state index in [1.165, 1.54) is 12.1 Å². The summed E-state index contributed by atoms with van der Waals surface area (Å²) in [6.45, 7) is 4.43. The molecule has 2 N–H and O–H groups in total. The molecule has 1 aromatic rings. The normalized spacial score (nSPS) is 21.4. The van der Waals surface area contributed by atoms with Crippen molar-refractivity contribution in [3.8, 4) is 5.75 Å². The van der Waals surface area contributed by atoms with Crippen LogP contribution in [0.3, 0.4) is 0 Å². The van der Waals surface area contributed by atoms with Gasteiger partial charge >= 0.3 is 7.12 Å². The van der Waals surface area contributed by atoms with E-state index in [-0.39, 0.29) is 17.2 Å². The summed E-state index contributed by atoms with van der Waals surface area (Å²) in [5.74, 6) is -0.338. The maximum absolute atomic E-state index is 13.5. The maximum Gasteiger partial charge on any atom is 0.491 e. The summed E-state index contributed by atoms with van der Waals surface area (Å²) in [5, 5.41) is 17.8. The van der Waals surface area contributed by atoms with Gasteiger partial charge in [0.15, 0.2) is 0 Å². The molecular formula is C13H18BFO4.